The minimum atomic E-state index is -0.170. The summed E-state index contributed by atoms with van der Waals surface area (Å²) in [5, 5.41) is 4.72. The van der Waals surface area contributed by atoms with Gasteiger partial charge in [0.2, 0.25) is 0 Å². The first-order chi connectivity index (χ1) is 15.0. The van der Waals surface area contributed by atoms with Crippen molar-refractivity contribution >= 4 is 11.3 Å². The maximum atomic E-state index is 14.8. The van der Waals surface area contributed by atoms with Gasteiger partial charge in [-0.3, -0.25) is 9.67 Å². The number of rotatable bonds is 9. The number of hydrogen-bond donors (Lipinski definition) is 0. The normalized spacial score (nSPS) is 18.9. The van der Waals surface area contributed by atoms with Gasteiger partial charge in [0.1, 0.15) is 5.82 Å². The molecule has 2 aliphatic carbocycles. The second-order valence-electron chi connectivity index (χ2n) is 9.50. The summed E-state index contributed by atoms with van der Waals surface area (Å²) >= 11 is 0. The average Bonchev–Trinajstić information content (AvgIpc) is 3.49. The van der Waals surface area contributed by atoms with Crippen LogP contribution in [0.5, 0.6) is 0 Å². The van der Waals surface area contributed by atoms with Gasteiger partial charge in [-0.25, -0.2) is 4.39 Å². The molecule has 1 aromatic carbocycles. The van der Waals surface area contributed by atoms with Crippen molar-refractivity contribution in [3.8, 4) is 0 Å². The Morgan fingerprint density at radius 2 is 2.06 bits per heavy atom. The van der Waals surface area contributed by atoms with Crippen LogP contribution in [-0.2, 0) is 0 Å². The summed E-state index contributed by atoms with van der Waals surface area (Å²) in [5.41, 5.74) is 6.21. The quantitative estimate of drug-likeness (QED) is 0.392. The predicted molar refractivity (Wildman–Crippen MR) is 127 cm³/mol. The molecule has 1 aromatic heterocycles. The summed E-state index contributed by atoms with van der Waals surface area (Å²) in [6.07, 6.45) is 12.9. The molecule has 4 rings (SSSR count). The number of halogens is 1. The Morgan fingerprint density at radius 1 is 1.29 bits per heavy atom. The average molecular weight is 422 g/mol. The van der Waals surface area contributed by atoms with Gasteiger partial charge in [0.25, 0.3) is 0 Å². The fourth-order valence-electron chi connectivity index (χ4n) is 4.50. The number of benzene rings is 1. The number of aliphatic imine (C=N–C) groups is 1. The van der Waals surface area contributed by atoms with Crippen LogP contribution in [0.2, 0.25) is 0 Å². The fraction of sp³-hybridized carbons (Fsp3) is 0.556. The van der Waals surface area contributed by atoms with Crippen LogP contribution in [-0.4, -0.2) is 22.0 Å². The third-order valence-electron chi connectivity index (χ3n) is 7.24. The zero-order valence-corrected chi connectivity index (χ0v) is 19.5. The van der Waals surface area contributed by atoms with Crippen LogP contribution in [0.25, 0.3) is 5.57 Å². The predicted octanol–water partition coefficient (Wildman–Crippen LogP) is 7.26. The smallest absolute Gasteiger partial charge is 0.132 e. The molecule has 166 valence electrons. The second kappa shape index (κ2) is 9.50. The Hall–Kier alpha value is -2.23. The Labute approximate surface area is 186 Å². The molecule has 2 aromatic rings. The summed E-state index contributed by atoms with van der Waals surface area (Å²) in [7, 11) is 0. The summed E-state index contributed by atoms with van der Waals surface area (Å²) in [4.78, 5) is 4.91. The minimum Gasteiger partial charge on any atom is -0.285 e. The van der Waals surface area contributed by atoms with E-state index in [4.69, 9.17) is 10.1 Å². The van der Waals surface area contributed by atoms with Crippen LogP contribution in [0.3, 0.4) is 0 Å². The van der Waals surface area contributed by atoms with E-state index in [1.54, 1.807) is 6.07 Å². The molecule has 0 saturated heterocycles. The monoisotopic (exact) mass is 421 g/mol. The maximum Gasteiger partial charge on any atom is 0.132 e. The molecular formula is C27H36FN3. The summed E-state index contributed by atoms with van der Waals surface area (Å²) < 4.78 is 17.0. The number of aromatic nitrogens is 2. The van der Waals surface area contributed by atoms with Crippen molar-refractivity contribution in [2.75, 3.05) is 6.54 Å². The third-order valence-corrected chi connectivity index (χ3v) is 7.24. The highest BCUT2D eigenvalue weighted by molar-refractivity contribution is 6.00. The van der Waals surface area contributed by atoms with Gasteiger partial charge in [0.05, 0.1) is 18.8 Å². The summed E-state index contributed by atoms with van der Waals surface area (Å²) in [5.74, 6) is 0.964. The number of nitrogens with zero attached hydrogens (tertiary/aromatic N) is 3. The Bertz CT molecular complexity index is 976. The molecule has 0 radical (unpaired) electrons. The molecule has 0 spiro atoms. The lowest BCUT2D eigenvalue weighted by Gasteiger charge is -2.27. The van der Waals surface area contributed by atoms with E-state index in [2.05, 4.69) is 31.5 Å². The van der Waals surface area contributed by atoms with E-state index in [0.717, 1.165) is 30.0 Å². The summed E-state index contributed by atoms with van der Waals surface area (Å²) in [6, 6.07) is 5.96. The van der Waals surface area contributed by atoms with E-state index in [-0.39, 0.29) is 5.82 Å². The molecule has 1 unspecified atom stereocenters. The molecule has 4 heteroatoms. The lowest BCUT2D eigenvalue weighted by Crippen LogP contribution is -2.19. The zero-order chi connectivity index (χ0) is 22.0. The molecule has 31 heavy (non-hydrogen) atoms. The van der Waals surface area contributed by atoms with Gasteiger partial charge < -0.3 is 0 Å². The highest BCUT2D eigenvalue weighted by Gasteiger charge is 2.24. The molecule has 1 atom stereocenters. The first-order valence-electron chi connectivity index (χ1n) is 12.0. The van der Waals surface area contributed by atoms with Gasteiger partial charge in [-0.2, -0.15) is 5.10 Å². The van der Waals surface area contributed by atoms with Gasteiger partial charge in [0, 0.05) is 22.5 Å². The topological polar surface area (TPSA) is 30.2 Å². The van der Waals surface area contributed by atoms with Gasteiger partial charge in [-0.05, 0) is 87.8 Å². The molecule has 0 N–H and O–H groups in total. The minimum absolute atomic E-state index is 0.170. The van der Waals surface area contributed by atoms with Crippen molar-refractivity contribution in [3.63, 3.8) is 0 Å². The highest BCUT2D eigenvalue weighted by Crippen LogP contribution is 2.36. The van der Waals surface area contributed by atoms with Crippen molar-refractivity contribution in [1.82, 2.24) is 9.78 Å². The molecule has 0 aliphatic heterocycles. The van der Waals surface area contributed by atoms with Crippen LogP contribution >= 0.6 is 0 Å². The highest BCUT2D eigenvalue weighted by atomic mass is 19.1. The van der Waals surface area contributed by atoms with Crippen LogP contribution < -0.4 is 0 Å². The third kappa shape index (κ3) is 4.83. The fourth-order valence-corrected chi connectivity index (χ4v) is 4.50. The van der Waals surface area contributed by atoms with E-state index in [1.807, 2.05) is 25.3 Å². The van der Waals surface area contributed by atoms with Gasteiger partial charge >= 0.3 is 0 Å². The maximum absolute atomic E-state index is 14.8. The Kier molecular flexibility index (Phi) is 6.74. The van der Waals surface area contributed by atoms with Crippen molar-refractivity contribution in [1.29, 1.82) is 0 Å². The molecule has 2 saturated carbocycles. The van der Waals surface area contributed by atoms with Crippen LogP contribution in [0.4, 0.5) is 4.39 Å². The van der Waals surface area contributed by atoms with Crippen molar-refractivity contribution in [2.45, 2.75) is 84.6 Å². The molecule has 0 bridgehead atoms. The second-order valence-corrected chi connectivity index (χ2v) is 9.50. The SMILES string of the molecule is CCC(C)c1cccc(F)c1/C(C)=N/C/C(=C/CC1CC1)c1cnn(C2CCC2)c1C. The summed E-state index contributed by atoms with van der Waals surface area (Å²) in [6.45, 7) is 9.01. The first-order valence-corrected chi connectivity index (χ1v) is 12.0. The Morgan fingerprint density at radius 3 is 2.71 bits per heavy atom. The largest absolute Gasteiger partial charge is 0.285 e. The van der Waals surface area contributed by atoms with Gasteiger partial charge in [-0.1, -0.05) is 32.1 Å². The van der Waals surface area contributed by atoms with Crippen molar-refractivity contribution < 1.29 is 4.39 Å². The molecule has 2 aliphatic rings. The molecule has 1 heterocycles. The lowest BCUT2D eigenvalue weighted by atomic mass is 9.91. The number of allylic oxidation sites excluding steroid dienone is 1. The molecular weight excluding hydrogens is 385 g/mol. The molecule has 2 fully saturated rings. The van der Waals surface area contributed by atoms with Crippen molar-refractivity contribution in [3.05, 3.63) is 58.7 Å². The van der Waals surface area contributed by atoms with E-state index in [9.17, 15) is 4.39 Å². The van der Waals surface area contributed by atoms with E-state index >= 15 is 0 Å². The van der Waals surface area contributed by atoms with E-state index in [0.29, 0.717) is 24.1 Å². The van der Waals surface area contributed by atoms with Crippen LogP contribution in [0.1, 0.15) is 100 Å². The zero-order valence-electron chi connectivity index (χ0n) is 19.5. The van der Waals surface area contributed by atoms with Crippen LogP contribution in [0.15, 0.2) is 35.5 Å². The Balaban J connectivity index is 1.62. The van der Waals surface area contributed by atoms with E-state index in [1.165, 1.54) is 48.9 Å². The molecule has 0 amide bonds. The van der Waals surface area contributed by atoms with Crippen LogP contribution in [0, 0.1) is 18.7 Å². The number of hydrogen-bond acceptors (Lipinski definition) is 2. The first kappa shape index (κ1) is 22.0. The van der Waals surface area contributed by atoms with E-state index < -0.39 is 0 Å². The van der Waals surface area contributed by atoms with Gasteiger partial charge in [0.15, 0.2) is 0 Å². The van der Waals surface area contributed by atoms with Gasteiger partial charge in [-0.15, -0.1) is 0 Å². The van der Waals surface area contributed by atoms with Crippen molar-refractivity contribution in [2.24, 2.45) is 10.9 Å². The standard InChI is InChI=1S/C27H36FN3/c1-5-18(2)24-10-7-11-26(28)27(24)19(3)29-16-22(15-14-21-12-13-21)25-17-30-31(20(25)4)23-8-6-9-23/h7,10-11,15,17-18,21,23H,5-6,8-9,12-14,16H2,1-4H3/b22-15-,29-19+. The molecule has 3 nitrogen and oxygen atoms in total. The lowest BCUT2D eigenvalue weighted by molar-refractivity contribution is 0.284.